The van der Waals surface area contributed by atoms with Crippen LogP contribution in [0.15, 0.2) is 180 Å². The number of aromatic nitrogens is 4. The lowest BCUT2D eigenvalue weighted by molar-refractivity contribution is 0.723. The first-order chi connectivity index (χ1) is 24.8. The summed E-state index contributed by atoms with van der Waals surface area (Å²) in [7, 11) is 0. The molecule has 6 aromatic carbocycles. The van der Waals surface area contributed by atoms with Gasteiger partial charge in [-0.15, -0.1) is 0 Å². The summed E-state index contributed by atoms with van der Waals surface area (Å²) in [6.07, 6.45) is 1.77. The zero-order valence-corrected chi connectivity index (χ0v) is 27.7. The molecule has 8 aromatic rings. The van der Waals surface area contributed by atoms with Gasteiger partial charge in [0.05, 0.1) is 5.41 Å². The lowest BCUT2D eigenvalue weighted by Gasteiger charge is -2.40. The molecular weight excluding hydrogens is 629 g/mol. The molecule has 50 heavy (non-hydrogen) atoms. The molecule has 0 N–H and O–H groups in total. The Balaban J connectivity index is 1.21. The lowest BCUT2D eigenvalue weighted by atomic mass is 9.67. The summed E-state index contributed by atoms with van der Waals surface area (Å²) < 4.78 is 0. The van der Waals surface area contributed by atoms with Crippen molar-refractivity contribution in [3.63, 3.8) is 0 Å². The molecule has 0 fully saturated rings. The first-order valence-electron chi connectivity index (χ1n) is 16.7. The molecule has 1 aliphatic heterocycles. The van der Waals surface area contributed by atoms with Crippen molar-refractivity contribution in [3.8, 4) is 56.5 Å². The average Bonchev–Trinajstić information content (AvgIpc) is 3.49. The molecule has 0 amide bonds. The Bertz CT molecular complexity index is 2480. The van der Waals surface area contributed by atoms with E-state index in [1.54, 1.807) is 6.20 Å². The second-order valence-electron chi connectivity index (χ2n) is 12.6. The van der Waals surface area contributed by atoms with Gasteiger partial charge in [0, 0.05) is 27.1 Å². The first kappa shape index (κ1) is 28.8. The number of nitrogens with zero attached hydrogens (tertiary/aromatic N) is 4. The van der Waals surface area contributed by atoms with Crippen LogP contribution in [0.4, 0.5) is 0 Å². The summed E-state index contributed by atoms with van der Waals surface area (Å²) in [5.41, 5.74) is 12.1. The highest BCUT2D eigenvalue weighted by molar-refractivity contribution is 7.99. The number of hydrogen-bond acceptors (Lipinski definition) is 5. The topological polar surface area (TPSA) is 51.6 Å². The highest BCUT2D eigenvalue weighted by Crippen LogP contribution is 2.62. The van der Waals surface area contributed by atoms with Crippen molar-refractivity contribution in [2.24, 2.45) is 0 Å². The smallest absolute Gasteiger partial charge is 0.182 e. The van der Waals surface area contributed by atoms with Crippen molar-refractivity contribution >= 4 is 11.8 Å². The summed E-state index contributed by atoms with van der Waals surface area (Å²) in [5.74, 6) is 1.77. The van der Waals surface area contributed by atoms with Crippen LogP contribution in [0.1, 0.15) is 22.3 Å². The van der Waals surface area contributed by atoms with Crippen LogP contribution in [0.2, 0.25) is 0 Å². The maximum Gasteiger partial charge on any atom is 0.182 e. The Morgan fingerprint density at radius 1 is 0.380 bits per heavy atom. The fraction of sp³-hybridized carbons (Fsp3) is 0.0222. The number of fused-ring (bicyclic) bond motifs is 9. The molecule has 0 saturated carbocycles. The number of hydrogen-bond donors (Lipinski definition) is 0. The van der Waals surface area contributed by atoms with Crippen molar-refractivity contribution < 1.29 is 0 Å². The van der Waals surface area contributed by atoms with Gasteiger partial charge in [-0.05, 0) is 74.8 Å². The van der Waals surface area contributed by atoms with Crippen molar-refractivity contribution in [3.05, 3.63) is 192 Å². The van der Waals surface area contributed by atoms with Crippen LogP contribution in [0, 0.1) is 0 Å². The van der Waals surface area contributed by atoms with Crippen molar-refractivity contribution in [1.29, 1.82) is 0 Å². The van der Waals surface area contributed by atoms with Gasteiger partial charge in [0.25, 0.3) is 0 Å². The average molecular weight is 657 g/mol. The van der Waals surface area contributed by atoms with Gasteiger partial charge >= 0.3 is 0 Å². The Morgan fingerprint density at radius 2 is 0.960 bits per heavy atom. The van der Waals surface area contributed by atoms with Crippen LogP contribution in [-0.2, 0) is 5.41 Å². The Morgan fingerprint density at radius 3 is 1.70 bits per heavy atom. The van der Waals surface area contributed by atoms with Gasteiger partial charge in [-0.25, -0.2) is 15.0 Å². The van der Waals surface area contributed by atoms with E-state index in [1.165, 1.54) is 43.2 Å². The van der Waals surface area contributed by atoms with E-state index in [2.05, 4.69) is 120 Å². The van der Waals surface area contributed by atoms with E-state index in [-0.39, 0.29) is 0 Å². The van der Waals surface area contributed by atoms with Crippen LogP contribution in [0.3, 0.4) is 0 Å². The normalized spacial score (nSPS) is 13.3. The molecule has 3 heterocycles. The molecule has 10 rings (SSSR count). The third kappa shape index (κ3) is 4.34. The minimum atomic E-state index is -0.449. The van der Waals surface area contributed by atoms with Gasteiger partial charge in [0.15, 0.2) is 17.5 Å². The van der Waals surface area contributed by atoms with E-state index in [9.17, 15) is 0 Å². The third-order valence-electron chi connectivity index (χ3n) is 9.89. The minimum absolute atomic E-state index is 0.449. The fourth-order valence-electron chi connectivity index (χ4n) is 7.78. The highest BCUT2D eigenvalue weighted by Gasteiger charge is 2.50. The monoisotopic (exact) mass is 656 g/mol. The molecule has 0 atom stereocenters. The molecule has 1 spiro atoms. The van der Waals surface area contributed by atoms with Gasteiger partial charge in [-0.3, -0.25) is 4.98 Å². The molecular formula is C45H28N4S. The van der Waals surface area contributed by atoms with E-state index in [0.29, 0.717) is 23.2 Å². The van der Waals surface area contributed by atoms with Gasteiger partial charge in [-0.1, -0.05) is 145 Å². The van der Waals surface area contributed by atoms with Gasteiger partial charge < -0.3 is 0 Å². The third-order valence-corrected chi connectivity index (χ3v) is 11.0. The first-order valence-corrected chi connectivity index (χ1v) is 17.5. The van der Waals surface area contributed by atoms with Crippen molar-refractivity contribution in [2.75, 3.05) is 0 Å². The van der Waals surface area contributed by atoms with Crippen molar-refractivity contribution in [1.82, 2.24) is 19.9 Å². The zero-order valence-electron chi connectivity index (χ0n) is 26.9. The second kappa shape index (κ2) is 11.5. The highest BCUT2D eigenvalue weighted by atomic mass is 32.2. The summed E-state index contributed by atoms with van der Waals surface area (Å²) in [4.78, 5) is 22.2. The Labute approximate surface area is 294 Å². The predicted molar refractivity (Wildman–Crippen MR) is 201 cm³/mol. The summed E-state index contributed by atoms with van der Waals surface area (Å²) in [5, 5.41) is 0. The van der Waals surface area contributed by atoms with E-state index in [4.69, 9.17) is 15.0 Å². The van der Waals surface area contributed by atoms with E-state index < -0.39 is 5.41 Å². The second-order valence-corrected chi connectivity index (χ2v) is 13.7. The standard InChI is InChI=1S/C45H28N4S/c1-2-14-29(15-3-1)42-47-43(49-44(48-42)39-23-12-13-27-46-39)34-19-5-4-16-31(34)30-25-26-41-38(28-30)45(37-22-10-11-24-40(37)50-41)35-20-8-6-17-32(35)33-18-7-9-21-36(33)45/h1-28H. The summed E-state index contributed by atoms with van der Waals surface area (Å²) in [6, 6.07) is 58.1. The Kier molecular flexibility index (Phi) is 6.61. The van der Waals surface area contributed by atoms with Crippen LogP contribution in [0.5, 0.6) is 0 Å². The summed E-state index contributed by atoms with van der Waals surface area (Å²) >= 11 is 1.86. The number of benzene rings is 6. The molecule has 0 bridgehead atoms. The molecule has 0 unspecified atom stereocenters. The van der Waals surface area contributed by atoms with Crippen LogP contribution in [-0.4, -0.2) is 19.9 Å². The van der Waals surface area contributed by atoms with Crippen LogP contribution in [0.25, 0.3) is 56.5 Å². The molecule has 0 radical (unpaired) electrons. The SMILES string of the molecule is c1ccc(-c2nc(-c3ccccn3)nc(-c3ccccc3-c3ccc4c(c3)C3(c5ccccc5S4)c4ccccc4-c4ccccc43)n2)cc1. The van der Waals surface area contributed by atoms with Gasteiger partial charge in [0.1, 0.15) is 5.69 Å². The molecule has 4 nitrogen and oxygen atoms in total. The van der Waals surface area contributed by atoms with E-state index in [1.807, 2.05) is 60.3 Å². The van der Waals surface area contributed by atoms with Crippen LogP contribution >= 0.6 is 11.8 Å². The quantitative estimate of drug-likeness (QED) is 0.189. The van der Waals surface area contributed by atoms with Crippen LogP contribution < -0.4 is 0 Å². The molecule has 0 saturated heterocycles. The van der Waals surface area contributed by atoms with Gasteiger partial charge in [0.2, 0.25) is 0 Å². The van der Waals surface area contributed by atoms with E-state index in [0.717, 1.165) is 22.3 Å². The lowest BCUT2D eigenvalue weighted by Crippen LogP contribution is -2.32. The predicted octanol–water partition coefficient (Wildman–Crippen LogP) is 10.8. The zero-order chi connectivity index (χ0) is 33.1. The largest absolute Gasteiger partial charge is 0.253 e. The molecule has 234 valence electrons. The minimum Gasteiger partial charge on any atom is -0.253 e. The number of pyridine rings is 1. The maximum atomic E-state index is 5.08. The Hall–Kier alpha value is -6.17. The molecule has 5 heteroatoms. The van der Waals surface area contributed by atoms with Gasteiger partial charge in [-0.2, -0.15) is 0 Å². The molecule has 2 aromatic heterocycles. The summed E-state index contributed by atoms with van der Waals surface area (Å²) in [6.45, 7) is 0. The molecule has 2 aliphatic rings. The fourth-order valence-corrected chi connectivity index (χ4v) is 8.95. The maximum absolute atomic E-state index is 5.08. The number of rotatable bonds is 4. The van der Waals surface area contributed by atoms with Crippen molar-refractivity contribution in [2.45, 2.75) is 15.2 Å². The van der Waals surface area contributed by atoms with E-state index >= 15 is 0 Å². The molecule has 1 aliphatic carbocycles.